The normalized spacial score (nSPS) is 15.1. The van der Waals surface area contributed by atoms with Gasteiger partial charge in [0.25, 0.3) is 10.0 Å². The molecule has 0 atom stereocenters. The number of anilines is 1. The van der Waals surface area contributed by atoms with Gasteiger partial charge in [-0.2, -0.15) is 16.3 Å². The molecule has 25 heavy (non-hydrogen) atoms. The average Bonchev–Trinajstić information content (AvgIpc) is 3.33. The first kappa shape index (κ1) is 14.6. The molecule has 0 saturated carbocycles. The van der Waals surface area contributed by atoms with Crippen LogP contribution in [0, 0.1) is 0 Å². The van der Waals surface area contributed by atoms with Crippen LogP contribution in [0.4, 0.5) is 5.69 Å². The number of hydrogen-bond acceptors (Lipinski definition) is 6. The van der Waals surface area contributed by atoms with E-state index in [0.29, 0.717) is 16.4 Å². The maximum Gasteiger partial charge on any atom is 0.265 e. The lowest BCUT2D eigenvalue weighted by Crippen LogP contribution is -2.26. The van der Waals surface area contributed by atoms with Crippen molar-refractivity contribution in [3.05, 3.63) is 59.1 Å². The maximum absolute atomic E-state index is 12.9. The Balaban J connectivity index is 1.59. The van der Waals surface area contributed by atoms with Gasteiger partial charge < -0.3 is 4.52 Å². The van der Waals surface area contributed by atoms with E-state index in [1.54, 1.807) is 18.2 Å². The second kappa shape index (κ2) is 5.14. The van der Waals surface area contributed by atoms with Crippen LogP contribution in [0.25, 0.3) is 22.2 Å². The van der Waals surface area contributed by atoms with Gasteiger partial charge in [-0.15, -0.1) is 0 Å². The molecule has 0 spiro atoms. The van der Waals surface area contributed by atoms with Crippen LogP contribution >= 0.6 is 11.3 Å². The highest BCUT2D eigenvalue weighted by molar-refractivity contribution is 7.93. The molecular weight excluding hydrogens is 358 g/mol. The van der Waals surface area contributed by atoms with E-state index in [1.807, 2.05) is 35.0 Å². The van der Waals surface area contributed by atoms with Crippen molar-refractivity contribution in [2.45, 2.75) is 11.4 Å². The summed E-state index contributed by atoms with van der Waals surface area (Å²) in [6.45, 7) is 0.00721. The first-order valence-corrected chi connectivity index (χ1v) is 9.92. The summed E-state index contributed by atoms with van der Waals surface area (Å²) in [5, 5.41) is 9.42. The van der Waals surface area contributed by atoms with E-state index in [0.717, 1.165) is 16.3 Å². The van der Waals surface area contributed by atoms with Crippen molar-refractivity contribution in [1.29, 1.82) is 0 Å². The maximum atomic E-state index is 12.9. The molecule has 0 N–H and O–H groups in total. The van der Waals surface area contributed by atoms with Gasteiger partial charge in [0.15, 0.2) is 0 Å². The molecule has 1 aliphatic rings. The molecule has 1 aliphatic heterocycles. The Kier molecular flexibility index (Phi) is 3.01. The van der Waals surface area contributed by atoms with E-state index < -0.39 is 10.0 Å². The van der Waals surface area contributed by atoms with Crippen molar-refractivity contribution < 1.29 is 12.9 Å². The predicted octanol–water partition coefficient (Wildman–Crippen LogP) is 3.66. The van der Waals surface area contributed by atoms with E-state index in [-0.39, 0.29) is 12.4 Å². The zero-order valence-corrected chi connectivity index (χ0v) is 14.4. The molecule has 3 heterocycles. The van der Waals surface area contributed by atoms with Crippen molar-refractivity contribution in [3.8, 4) is 11.4 Å². The van der Waals surface area contributed by atoms with Gasteiger partial charge in [0.05, 0.1) is 10.6 Å². The number of aromatic nitrogens is 2. The molecule has 0 saturated heterocycles. The number of benzene rings is 2. The Labute approximate surface area is 147 Å². The lowest BCUT2D eigenvalue weighted by Gasteiger charge is -2.16. The van der Waals surface area contributed by atoms with E-state index >= 15 is 0 Å². The molecule has 5 rings (SSSR count). The minimum absolute atomic E-state index is 0.00721. The van der Waals surface area contributed by atoms with E-state index in [4.69, 9.17) is 4.52 Å². The minimum Gasteiger partial charge on any atom is -0.337 e. The highest BCUT2D eigenvalue weighted by atomic mass is 32.2. The number of sulfonamides is 1. The Morgan fingerprint density at radius 3 is 2.76 bits per heavy atom. The highest BCUT2D eigenvalue weighted by Crippen LogP contribution is 2.42. The van der Waals surface area contributed by atoms with Crippen LogP contribution in [-0.2, 0) is 16.6 Å². The molecule has 8 heteroatoms. The third-order valence-electron chi connectivity index (χ3n) is 4.21. The van der Waals surface area contributed by atoms with E-state index in [2.05, 4.69) is 10.1 Å². The summed E-state index contributed by atoms with van der Waals surface area (Å²) >= 11 is 1.54. The molecule has 2 aromatic heterocycles. The third-order valence-corrected chi connectivity index (χ3v) is 6.69. The summed E-state index contributed by atoms with van der Waals surface area (Å²) in [4.78, 5) is 4.65. The summed E-state index contributed by atoms with van der Waals surface area (Å²) in [5.41, 5.74) is 1.50. The smallest absolute Gasteiger partial charge is 0.265 e. The molecule has 0 radical (unpaired) electrons. The topological polar surface area (TPSA) is 76.3 Å². The first-order valence-electron chi connectivity index (χ1n) is 7.54. The predicted molar refractivity (Wildman–Crippen MR) is 94.9 cm³/mol. The lowest BCUT2D eigenvalue weighted by molar-refractivity contribution is 0.380. The molecule has 0 bridgehead atoms. The summed E-state index contributed by atoms with van der Waals surface area (Å²) in [7, 11) is -3.63. The second-order valence-electron chi connectivity index (χ2n) is 5.67. The van der Waals surface area contributed by atoms with Crippen molar-refractivity contribution in [2.24, 2.45) is 0 Å². The molecule has 124 valence electrons. The van der Waals surface area contributed by atoms with Crippen LogP contribution in [0.5, 0.6) is 0 Å². The van der Waals surface area contributed by atoms with Crippen molar-refractivity contribution in [1.82, 2.24) is 10.1 Å². The van der Waals surface area contributed by atoms with Gasteiger partial charge in [0.1, 0.15) is 6.54 Å². The fourth-order valence-corrected chi connectivity index (χ4v) is 5.37. The van der Waals surface area contributed by atoms with Crippen LogP contribution in [0.3, 0.4) is 0 Å². The van der Waals surface area contributed by atoms with Crippen LogP contribution in [0.1, 0.15) is 5.89 Å². The summed E-state index contributed by atoms with van der Waals surface area (Å²) in [5.74, 6) is 0.721. The Morgan fingerprint density at radius 1 is 1.12 bits per heavy atom. The van der Waals surface area contributed by atoms with E-state index in [1.165, 1.54) is 15.6 Å². The van der Waals surface area contributed by atoms with Crippen LogP contribution in [0.15, 0.2) is 62.6 Å². The molecular formula is C17H11N3O3S2. The monoisotopic (exact) mass is 369 g/mol. The van der Waals surface area contributed by atoms with Gasteiger partial charge in [0, 0.05) is 16.3 Å². The fraction of sp³-hybridized carbons (Fsp3) is 0.0588. The summed E-state index contributed by atoms with van der Waals surface area (Å²) in [6.07, 6.45) is 0. The average molecular weight is 369 g/mol. The van der Waals surface area contributed by atoms with Crippen LogP contribution in [-0.4, -0.2) is 18.6 Å². The summed E-state index contributed by atoms with van der Waals surface area (Å²) < 4.78 is 32.5. The van der Waals surface area contributed by atoms with Crippen molar-refractivity contribution >= 4 is 37.8 Å². The fourth-order valence-electron chi connectivity index (χ4n) is 3.08. The highest BCUT2D eigenvalue weighted by Gasteiger charge is 2.36. The van der Waals surface area contributed by atoms with Crippen LogP contribution in [0.2, 0.25) is 0 Å². The molecule has 0 unspecified atom stereocenters. The number of rotatable bonds is 3. The van der Waals surface area contributed by atoms with E-state index in [9.17, 15) is 8.42 Å². The Morgan fingerprint density at radius 2 is 1.96 bits per heavy atom. The van der Waals surface area contributed by atoms with Crippen molar-refractivity contribution in [3.63, 3.8) is 0 Å². The number of hydrogen-bond donors (Lipinski definition) is 0. The molecule has 6 nitrogen and oxygen atoms in total. The van der Waals surface area contributed by atoms with Gasteiger partial charge in [-0.3, -0.25) is 4.31 Å². The van der Waals surface area contributed by atoms with Gasteiger partial charge in [-0.05, 0) is 29.0 Å². The Bertz CT molecular complexity index is 1190. The second-order valence-corrected chi connectivity index (χ2v) is 8.28. The van der Waals surface area contributed by atoms with Crippen LogP contribution < -0.4 is 4.31 Å². The zero-order chi connectivity index (χ0) is 17.0. The third kappa shape index (κ3) is 2.11. The molecule has 0 fully saturated rings. The van der Waals surface area contributed by atoms with Gasteiger partial charge in [-0.1, -0.05) is 29.4 Å². The van der Waals surface area contributed by atoms with Gasteiger partial charge in [-0.25, -0.2) is 8.42 Å². The lowest BCUT2D eigenvalue weighted by atomic mass is 10.1. The quantitative estimate of drug-likeness (QED) is 0.551. The molecule has 4 aromatic rings. The number of nitrogens with zero attached hydrogens (tertiary/aromatic N) is 3. The van der Waals surface area contributed by atoms with Gasteiger partial charge in [0.2, 0.25) is 11.7 Å². The minimum atomic E-state index is -3.63. The zero-order valence-electron chi connectivity index (χ0n) is 12.8. The first-order chi connectivity index (χ1) is 12.1. The van der Waals surface area contributed by atoms with Crippen molar-refractivity contribution in [2.75, 3.05) is 4.31 Å². The standard InChI is InChI=1S/C17H11N3O3S2/c21-25(22)14-6-2-4-11-3-1-5-13(16(11)14)20(25)9-15-18-17(19-23-15)12-7-8-24-10-12/h1-8,10H,9H2. The SMILES string of the molecule is O=S1(=O)c2cccc3cccc(c23)N1Cc1nc(-c2ccsc2)no1. The summed E-state index contributed by atoms with van der Waals surface area (Å²) in [6, 6.07) is 12.7. The number of thiophene rings is 1. The Hall–Kier alpha value is -2.71. The molecule has 0 aliphatic carbocycles. The molecule has 0 amide bonds. The largest absolute Gasteiger partial charge is 0.337 e. The van der Waals surface area contributed by atoms with Gasteiger partial charge >= 0.3 is 0 Å². The molecule has 2 aromatic carbocycles.